The summed E-state index contributed by atoms with van der Waals surface area (Å²) in [5.74, 6) is 0.754. The van der Waals surface area contributed by atoms with Crippen molar-refractivity contribution in [1.29, 1.82) is 0 Å². The Morgan fingerprint density at radius 3 is 2.32 bits per heavy atom. The number of nitrogens with zero attached hydrogens (tertiary/aromatic N) is 3. The molecule has 4 rings (SSSR count). The number of piperazine rings is 1. The summed E-state index contributed by atoms with van der Waals surface area (Å²) >= 11 is 0. The molecule has 2 amide bonds. The smallest absolute Gasteiger partial charge is 0.253 e. The maximum Gasteiger partial charge on any atom is 0.253 e. The van der Waals surface area contributed by atoms with Gasteiger partial charge in [0.25, 0.3) is 5.91 Å². The standard InChI is InChI=1S/C20H27N3O4S/c24-19-2-1-8-23(19)14-16-3-5-17(6-4-16)20(25)22-11-9-21(10-12-22)18-7-13-28(26,27)15-18/h3-6,18H,1-2,7-15H2. The Bertz CT molecular complexity index is 845. The van der Waals surface area contributed by atoms with Gasteiger partial charge in [-0.1, -0.05) is 12.1 Å². The molecule has 3 saturated heterocycles. The fourth-order valence-corrected chi connectivity index (χ4v) is 6.14. The number of hydrogen-bond donors (Lipinski definition) is 0. The van der Waals surface area contributed by atoms with Gasteiger partial charge in [0.05, 0.1) is 11.5 Å². The third-order valence-electron chi connectivity index (χ3n) is 6.07. The van der Waals surface area contributed by atoms with Crippen molar-refractivity contribution < 1.29 is 18.0 Å². The van der Waals surface area contributed by atoms with Crippen LogP contribution in [0.4, 0.5) is 0 Å². The molecule has 0 aliphatic carbocycles. The number of benzene rings is 1. The monoisotopic (exact) mass is 405 g/mol. The fourth-order valence-electron chi connectivity index (χ4n) is 4.38. The van der Waals surface area contributed by atoms with Crippen LogP contribution in [0.3, 0.4) is 0 Å². The highest BCUT2D eigenvalue weighted by Gasteiger charge is 2.34. The molecule has 3 aliphatic rings. The number of hydrogen-bond acceptors (Lipinski definition) is 5. The van der Waals surface area contributed by atoms with Gasteiger partial charge in [0.1, 0.15) is 0 Å². The Morgan fingerprint density at radius 1 is 1.04 bits per heavy atom. The summed E-state index contributed by atoms with van der Waals surface area (Å²) in [4.78, 5) is 30.5. The Balaban J connectivity index is 1.31. The van der Waals surface area contributed by atoms with Crippen molar-refractivity contribution in [1.82, 2.24) is 14.7 Å². The highest BCUT2D eigenvalue weighted by Crippen LogP contribution is 2.20. The van der Waals surface area contributed by atoms with Crippen LogP contribution < -0.4 is 0 Å². The second-order valence-corrected chi connectivity index (χ2v) is 10.2. The molecule has 3 aliphatic heterocycles. The first-order chi connectivity index (χ1) is 13.4. The van der Waals surface area contributed by atoms with E-state index in [9.17, 15) is 18.0 Å². The summed E-state index contributed by atoms with van der Waals surface area (Å²) in [6.45, 7) is 4.11. The molecule has 1 unspecified atom stereocenters. The summed E-state index contributed by atoms with van der Waals surface area (Å²) in [6, 6.07) is 7.65. The van der Waals surface area contributed by atoms with Crippen LogP contribution in [0.1, 0.15) is 35.2 Å². The number of sulfone groups is 1. The van der Waals surface area contributed by atoms with Crippen LogP contribution >= 0.6 is 0 Å². The SMILES string of the molecule is O=C1CCCN1Cc1ccc(C(=O)N2CCN(C3CCS(=O)(=O)C3)CC2)cc1. The van der Waals surface area contributed by atoms with Gasteiger partial charge in [-0.15, -0.1) is 0 Å². The largest absolute Gasteiger partial charge is 0.338 e. The van der Waals surface area contributed by atoms with Crippen LogP contribution in [0, 0.1) is 0 Å². The van der Waals surface area contributed by atoms with Gasteiger partial charge in [-0.25, -0.2) is 8.42 Å². The maximum atomic E-state index is 12.8. The van der Waals surface area contributed by atoms with E-state index in [0.717, 1.165) is 31.6 Å². The predicted octanol–water partition coefficient (Wildman–Crippen LogP) is 0.754. The van der Waals surface area contributed by atoms with E-state index >= 15 is 0 Å². The minimum absolute atomic E-state index is 0.0162. The van der Waals surface area contributed by atoms with E-state index in [-0.39, 0.29) is 29.4 Å². The molecule has 0 spiro atoms. The number of carbonyl (C=O) groups excluding carboxylic acids is 2. The van der Waals surface area contributed by atoms with Gasteiger partial charge in [-0.05, 0) is 30.5 Å². The van der Waals surface area contributed by atoms with Crippen molar-refractivity contribution in [2.45, 2.75) is 31.8 Å². The zero-order chi connectivity index (χ0) is 19.7. The molecule has 8 heteroatoms. The highest BCUT2D eigenvalue weighted by atomic mass is 32.2. The Morgan fingerprint density at radius 2 is 1.75 bits per heavy atom. The van der Waals surface area contributed by atoms with Crippen molar-refractivity contribution in [3.05, 3.63) is 35.4 Å². The lowest BCUT2D eigenvalue weighted by molar-refractivity contribution is -0.128. The molecule has 1 atom stereocenters. The lowest BCUT2D eigenvalue weighted by atomic mass is 10.1. The lowest BCUT2D eigenvalue weighted by Crippen LogP contribution is -2.52. The van der Waals surface area contributed by atoms with Crippen LogP contribution in [0.2, 0.25) is 0 Å². The summed E-state index contributed by atoms with van der Waals surface area (Å²) in [6.07, 6.45) is 2.26. The predicted molar refractivity (Wildman–Crippen MR) is 106 cm³/mol. The summed E-state index contributed by atoms with van der Waals surface area (Å²) < 4.78 is 23.4. The molecule has 7 nitrogen and oxygen atoms in total. The number of rotatable bonds is 4. The van der Waals surface area contributed by atoms with Gasteiger partial charge < -0.3 is 9.80 Å². The minimum atomic E-state index is -2.88. The van der Waals surface area contributed by atoms with E-state index in [1.807, 2.05) is 34.1 Å². The second kappa shape index (κ2) is 7.83. The molecule has 0 N–H and O–H groups in total. The van der Waals surface area contributed by atoms with Gasteiger partial charge in [-0.3, -0.25) is 14.5 Å². The topological polar surface area (TPSA) is 78.0 Å². The van der Waals surface area contributed by atoms with E-state index in [1.54, 1.807) is 0 Å². The first-order valence-corrected chi connectivity index (χ1v) is 11.8. The maximum absolute atomic E-state index is 12.8. The first-order valence-electron chi connectivity index (χ1n) is 10.0. The molecule has 1 aromatic rings. The van der Waals surface area contributed by atoms with Crippen LogP contribution in [0.5, 0.6) is 0 Å². The molecule has 3 fully saturated rings. The molecule has 28 heavy (non-hydrogen) atoms. The van der Waals surface area contributed by atoms with E-state index in [1.165, 1.54) is 0 Å². The Hall–Kier alpha value is -1.93. The third kappa shape index (κ3) is 4.22. The van der Waals surface area contributed by atoms with Crippen LogP contribution in [-0.2, 0) is 21.2 Å². The van der Waals surface area contributed by atoms with Crippen LogP contribution in [-0.4, -0.2) is 85.2 Å². The molecule has 152 valence electrons. The number of likely N-dealkylation sites (tertiary alicyclic amines) is 1. The van der Waals surface area contributed by atoms with Crippen molar-refractivity contribution in [2.24, 2.45) is 0 Å². The lowest BCUT2D eigenvalue weighted by Gasteiger charge is -2.37. The zero-order valence-corrected chi connectivity index (χ0v) is 16.9. The van der Waals surface area contributed by atoms with E-state index in [2.05, 4.69) is 4.90 Å². The number of amides is 2. The molecule has 0 bridgehead atoms. The second-order valence-electron chi connectivity index (χ2n) is 8.00. The van der Waals surface area contributed by atoms with Crippen LogP contribution in [0.25, 0.3) is 0 Å². The van der Waals surface area contributed by atoms with Gasteiger partial charge in [0.2, 0.25) is 5.91 Å². The fraction of sp³-hybridized carbons (Fsp3) is 0.600. The van der Waals surface area contributed by atoms with Gasteiger partial charge in [0.15, 0.2) is 9.84 Å². The molecule has 3 heterocycles. The Kier molecular flexibility index (Phi) is 5.42. The molecule has 0 radical (unpaired) electrons. The molecule has 0 saturated carbocycles. The average molecular weight is 406 g/mol. The van der Waals surface area contributed by atoms with Crippen molar-refractivity contribution in [3.63, 3.8) is 0 Å². The molecule has 0 aromatic heterocycles. The number of carbonyl (C=O) groups is 2. The van der Waals surface area contributed by atoms with Crippen molar-refractivity contribution >= 4 is 21.7 Å². The molecule has 1 aromatic carbocycles. The van der Waals surface area contributed by atoms with Crippen molar-refractivity contribution in [2.75, 3.05) is 44.2 Å². The van der Waals surface area contributed by atoms with E-state index in [0.29, 0.717) is 38.0 Å². The Labute approximate surface area is 166 Å². The van der Waals surface area contributed by atoms with E-state index < -0.39 is 9.84 Å². The van der Waals surface area contributed by atoms with Crippen LogP contribution in [0.15, 0.2) is 24.3 Å². The zero-order valence-electron chi connectivity index (χ0n) is 16.0. The van der Waals surface area contributed by atoms with Gasteiger partial charge in [-0.2, -0.15) is 0 Å². The quantitative estimate of drug-likeness (QED) is 0.739. The third-order valence-corrected chi connectivity index (χ3v) is 7.82. The normalized spacial score (nSPS) is 25.4. The minimum Gasteiger partial charge on any atom is -0.338 e. The van der Waals surface area contributed by atoms with E-state index in [4.69, 9.17) is 0 Å². The molecular weight excluding hydrogens is 378 g/mol. The average Bonchev–Trinajstić information content (AvgIpc) is 3.27. The van der Waals surface area contributed by atoms with Crippen molar-refractivity contribution in [3.8, 4) is 0 Å². The summed E-state index contributed by atoms with van der Waals surface area (Å²) in [7, 11) is -2.88. The highest BCUT2D eigenvalue weighted by molar-refractivity contribution is 7.91. The van der Waals surface area contributed by atoms with Gasteiger partial charge >= 0.3 is 0 Å². The summed E-state index contributed by atoms with van der Waals surface area (Å²) in [5, 5.41) is 0. The molecular formula is C20H27N3O4S. The first kappa shape index (κ1) is 19.4. The van der Waals surface area contributed by atoms with Gasteiger partial charge in [0, 0.05) is 57.3 Å². The summed E-state index contributed by atoms with van der Waals surface area (Å²) in [5.41, 5.74) is 1.70.